The largest absolute Gasteiger partial charge is 0.507 e. The van der Waals surface area contributed by atoms with Crippen LogP contribution in [0.5, 0.6) is 0 Å². The van der Waals surface area contributed by atoms with E-state index in [4.69, 9.17) is 11.6 Å². The van der Waals surface area contributed by atoms with E-state index in [1.807, 2.05) is 0 Å². The number of halogens is 3. The SMILES string of the molecule is O=C1OC/C(=C(/O)c2cn(Cc3c(F)cccc3F)c3cc(Cl)ccc23)C1=O. The predicted octanol–water partition coefficient (Wildman–Crippen LogP) is 4.02. The standard InChI is InChI=1S/C20H12ClF2NO4/c21-10-4-5-11-12(18(25)14-9-28-20(27)19(14)26)7-24(17(11)6-10)8-13-15(22)2-1-3-16(13)23/h1-7,25H,8-9H2/b18-14-. The molecule has 1 aliphatic heterocycles. The minimum absolute atomic E-state index is 0.159. The molecule has 0 radical (unpaired) electrons. The molecule has 1 saturated heterocycles. The third-order valence-electron chi connectivity index (χ3n) is 4.58. The van der Waals surface area contributed by atoms with Gasteiger partial charge in [-0.3, -0.25) is 4.79 Å². The molecule has 2 heterocycles. The number of aliphatic hydroxyl groups is 1. The second kappa shape index (κ2) is 6.76. The average Bonchev–Trinajstić information content (AvgIpc) is 3.18. The summed E-state index contributed by atoms with van der Waals surface area (Å²) in [5, 5.41) is 11.5. The first-order valence-corrected chi connectivity index (χ1v) is 8.60. The van der Waals surface area contributed by atoms with Crippen LogP contribution in [0.1, 0.15) is 11.1 Å². The van der Waals surface area contributed by atoms with Gasteiger partial charge in [-0.25, -0.2) is 13.6 Å². The summed E-state index contributed by atoms with van der Waals surface area (Å²) in [6, 6.07) is 8.34. The zero-order valence-corrected chi connectivity index (χ0v) is 15.0. The van der Waals surface area contributed by atoms with Gasteiger partial charge in [0.1, 0.15) is 24.0 Å². The van der Waals surface area contributed by atoms with Crippen LogP contribution in [0.4, 0.5) is 8.78 Å². The number of fused-ring (bicyclic) bond motifs is 1. The smallest absolute Gasteiger partial charge is 0.379 e. The molecule has 0 atom stereocenters. The van der Waals surface area contributed by atoms with Gasteiger partial charge >= 0.3 is 5.97 Å². The number of ketones is 1. The molecule has 0 unspecified atom stereocenters. The number of aromatic nitrogens is 1. The Labute approximate surface area is 162 Å². The molecule has 8 heteroatoms. The second-order valence-electron chi connectivity index (χ2n) is 6.26. The fourth-order valence-corrected chi connectivity index (χ4v) is 3.34. The molecule has 0 aliphatic carbocycles. The molecule has 1 N–H and O–H groups in total. The van der Waals surface area contributed by atoms with Crippen molar-refractivity contribution in [1.82, 2.24) is 4.57 Å². The van der Waals surface area contributed by atoms with E-state index in [1.54, 1.807) is 18.2 Å². The Bertz CT molecular complexity index is 1160. The molecule has 2 aromatic carbocycles. The number of aliphatic hydroxyl groups excluding tert-OH is 1. The molecule has 0 amide bonds. The number of hydrogen-bond acceptors (Lipinski definition) is 4. The third kappa shape index (κ3) is 2.93. The second-order valence-corrected chi connectivity index (χ2v) is 6.70. The maximum atomic E-state index is 14.1. The van der Waals surface area contributed by atoms with Gasteiger partial charge in [0.05, 0.1) is 17.6 Å². The first-order valence-electron chi connectivity index (χ1n) is 8.22. The van der Waals surface area contributed by atoms with Gasteiger partial charge in [0.2, 0.25) is 0 Å². The van der Waals surface area contributed by atoms with Crippen LogP contribution in [0.2, 0.25) is 5.02 Å². The maximum absolute atomic E-state index is 14.1. The molecule has 5 nitrogen and oxygen atoms in total. The third-order valence-corrected chi connectivity index (χ3v) is 4.82. The first-order chi connectivity index (χ1) is 13.4. The molecule has 0 saturated carbocycles. The summed E-state index contributed by atoms with van der Waals surface area (Å²) in [4.78, 5) is 23.2. The van der Waals surface area contributed by atoms with Crippen LogP contribution >= 0.6 is 11.6 Å². The summed E-state index contributed by atoms with van der Waals surface area (Å²) in [5.41, 5.74) is 0.393. The molecular weight excluding hydrogens is 392 g/mol. The Hall–Kier alpha value is -3.19. The number of rotatable bonds is 3. The molecule has 28 heavy (non-hydrogen) atoms. The van der Waals surface area contributed by atoms with Gasteiger partial charge in [0.25, 0.3) is 5.78 Å². The topological polar surface area (TPSA) is 68.5 Å². The molecule has 4 rings (SSSR count). The maximum Gasteiger partial charge on any atom is 0.379 e. The van der Waals surface area contributed by atoms with Gasteiger partial charge < -0.3 is 14.4 Å². The van der Waals surface area contributed by atoms with Crippen molar-refractivity contribution in [3.05, 3.63) is 76.0 Å². The van der Waals surface area contributed by atoms with Gasteiger partial charge in [-0.1, -0.05) is 23.7 Å². The van der Waals surface area contributed by atoms with Crippen molar-refractivity contribution in [3.8, 4) is 0 Å². The number of carbonyl (C=O) groups is 2. The van der Waals surface area contributed by atoms with Gasteiger partial charge in [0.15, 0.2) is 0 Å². The molecule has 0 spiro atoms. The lowest BCUT2D eigenvalue weighted by atomic mass is 10.1. The van der Waals surface area contributed by atoms with E-state index in [0.717, 1.165) is 12.1 Å². The molecule has 1 fully saturated rings. The van der Waals surface area contributed by atoms with Gasteiger partial charge in [-0.2, -0.15) is 0 Å². The summed E-state index contributed by atoms with van der Waals surface area (Å²) in [5.74, 6) is -3.80. The summed E-state index contributed by atoms with van der Waals surface area (Å²) < 4.78 is 34.3. The molecular formula is C20H12ClF2NO4. The number of ether oxygens (including phenoxy) is 1. The highest BCUT2D eigenvalue weighted by atomic mass is 35.5. The van der Waals surface area contributed by atoms with Crippen LogP contribution in [0, 0.1) is 11.6 Å². The number of esters is 1. The van der Waals surface area contributed by atoms with Crippen LogP contribution in [0.3, 0.4) is 0 Å². The Morgan fingerprint density at radius 1 is 1.18 bits per heavy atom. The number of nitrogens with zero attached hydrogens (tertiary/aromatic N) is 1. The first kappa shape index (κ1) is 18.2. The normalized spacial score (nSPS) is 16.0. The Morgan fingerprint density at radius 3 is 2.54 bits per heavy atom. The van der Waals surface area contributed by atoms with E-state index in [1.165, 1.54) is 16.8 Å². The molecule has 1 aliphatic rings. The number of hydrogen-bond donors (Lipinski definition) is 1. The highest BCUT2D eigenvalue weighted by Gasteiger charge is 2.33. The Balaban J connectivity index is 1.90. The van der Waals surface area contributed by atoms with Crippen LogP contribution < -0.4 is 0 Å². The zero-order chi connectivity index (χ0) is 20.0. The molecule has 142 valence electrons. The Morgan fingerprint density at radius 2 is 1.89 bits per heavy atom. The molecule has 1 aromatic heterocycles. The van der Waals surface area contributed by atoms with E-state index in [-0.39, 0.29) is 29.9 Å². The highest BCUT2D eigenvalue weighted by molar-refractivity contribution is 6.43. The highest BCUT2D eigenvalue weighted by Crippen LogP contribution is 2.32. The quantitative estimate of drug-likeness (QED) is 0.310. The monoisotopic (exact) mass is 403 g/mol. The van der Waals surface area contributed by atoms with Gasteiger partial charge in [0, 0.05) is 27.7 Å². The molecule has 0 bridgehead atoms. The summed E-state index contributed by atoms with van der Waals surface area (Å²) in [7, 11) is 0. The lowest BCUT2D eigenvalue weighted by Gasteiger charge is -2.08. The number of cyclic esters (lactones) is 1. The predicted molar refractivity (Wildman–Crippen MR) is 97.9 cm³/mol. The summed E-state index contributed by atoms with van der Waals surface area (Å²) in [6.45, 7) is -0.507. The van der Waals surface area contributed by atoms with Gasteiger partial charge in [-0.15, -0.1) is 0 Å². The summed E-state index contributed by atoms with van der Waals surface area (Å²) in [6.07, 6.45) is 1.45. The minimum Gasteiger partial charge on any atom is -0.507 e. The lowest BCUT2D eigenvalue weighted by molar-refractivity contribution is -0.146. The van der Waals surface area contributed by atoms with Crippen LogP contribution in [0.25, 0.3) is 16.7 Å². The van der Waals surface area contributed by atoms with Crippen LogP contribution in [-0.2, 0) is 20.9 Å². The van der Waals surface area contributed by atoms with Crippen LogP contribution in [-0.4, -0.2) is 28.0 Å². The number of benzene rings is 2. The Kier molecular flexibility index (Phi) is 4.39. The van der Waals surface area contributed by atoms with Crippen molar-refractivity contribution in [3.63, 3.8) is 0 Å². The minimum atomic E-state index is -1.04. The number of Topliss-reactive ketones (excluding diaryl/α,β-unsaturated/α-hetero) is 1. The van der Waals surface area contributed by atoms with Crippen molar-refractivity contribution in [2.45, 2.75) is 6.54 Å². The van der Waals surface area contributed by atoms with Crippen LogP contribution in [0.15, 0.2) is 48.2 Å². The zero-order valence-electron chi connectivity index (χ0n) is 14.2. The van der Waals surface area contributed by atoms with E-state index in [0.29, 0.717) is 15.9 Å². The lowest BCUT2D eigenvalue weighted by Crippen LogP contribution is -2.08. The van der Waals surface area contributed by atoms with E-state index < -0.39 is 29.1 Å². The average molecular weight is 404 g/mol. The summed E-state index contributed by atoms with van der Waals surface area (Å²) >= 11 is 6.06. The fraction of sp³-hybridized carbons (Fsp3) is 0.100. The van der Waals surface area contributed by atoms with E-state index in [9.17, 15) is 23.5 Å². The van der Waals surface area contributed by atoms with Crippen molar-refractivity contribution in [2.75, 3.05) is 6.61 Å². The van der Waals surface area contributed by atoms with Crippen molar-refractivity contribution in [1.29, 1.82) is 0 Å². The number of carbonyl (C=O) groups excluding carboxylic acids is 2. The van der Waals surface area contributed by atoms with Crippen molar-refractivity contribution < 1.29 is 28.2 Å². The van der Waals surface area contributed by atoms with E-state index >= 15 is 0 Å². The van der Waals surface area contributed by atoms with E-state index in [2.05, 4.69) is 4.74 Å². The fourth-order valence-electron chi connectivity index (χ4n) is 3.17. The van der Waals surface area contributed by atoms with Gasteiger partial charge in [-0.05, 0) is 24.3 Å². The van der Waals surface area contributed by atoms with Crippen molar-refractivity contribution >= 4 is 40.0 Å². The molecule has 3 aromatic rings. The van der Waals surface area contributed by atoms with Crippen molar-refractivity contribution in [2.24, 2.45) is 0 Å².